The fourth-order valence-corrected chi connectivity index (χ4v) is 4.26. The minimum atomic E-state index is -0.476. The Hall–Kier alpha value is -2.28. The number of hydrogen-bond donors (Lipinski definition) is 2. The van der Waals surface area contributed by atoms with Crippen LogP contribution in [-0.2, 0) is 0 Å². The molecular weight excluding hydrogens is 454 g/mol. The van der Waals surface area contributed by atoms with Gasteiger partial charge in [0.2, 0.25) is 0 Å². The molecule has 8 heteroatoms. The number of ether oxygens (including phenoxy) is 1. The smallest absolute Gasteiger partial charge is 0.287 e. The summed E-state index contributed by atoms with van der Waals surface area (Å²) in [6.07, 6.45) is 4.62. The molecule has 5 nitrogen and oxygen atoms in total. The molecule has 1 fully saturated rings. The summed E-state index contributed by atoms with van der Waals surface area (Å²) < 4.78 is 24.6. The van der Waals surface area contributed by atoms with Crippen molar-refractivity contribution >= 4 is 40.1 Å². The molecule has 0 atom stereocenters. The monoisotopic (exact) mass is 478 g/mol. The van der Waals surface area contributed by atoms with E-state index in [0.717, 1.165) is 44.0 Å². The third kappa shape index (κ3) is 5.94. The maximum Gasteiger partial charge on any atom is 0.287 e. The Morgan fingerprint density at radius 1 is 1.06 bits per heavy atom. The molecule has 1 aromatic heterocycles. The number of furan rings is 1. The Morgan fingerprint density at radius 3 is 2.62 bits per heavy atom. The standard InChI is InChI=1S/C24H25Cl2FN2O3/c25-16-2-9-22-15(12-16)13-23(32-22)24(30)29-18-5-3-17(4-6-18)28-10-1-11-31-19-7-8-20(26)21(27)14-19/h2,7-9,12-14,17-18,28H,1,3-6,10-11H2,(H,29,30)/t17-,18-. The second kappa shape index (κ2) is 10.6. The molecule has 2 N–H and O–H groups in total. The third-order valence-corrected chi connectivity index (χ3v) is 6.22. The normalized spacial score (nSPS) is 18.6. The number of fused-ring (bicyclic) bond motifs is 1. The molecule has 0 radical (unpaired) electrons. The van der Waals surface area contributed by atoms with Crippen molar-refractivity contribution in [3.05, 3.63) is 64.1 Å². The highest BCUT2D eigenvalue weighted by atomic mass is 35.5. The average Bonchev–Trinajstić information content (AvgIpc) is 3.20. The fraction of sp³-hybridized carbons (Fsp3) is 0.375. The van der Waals surface area contributed by atoms with E-state index in [4.69, 9.17) is 32.4 Å². The molecule has 1 saturated carbocycles. The highest BCUT2D eigenvalue weighted by molar-refractivity contribution is 6.31. The summed E-state index contributed by atoms with van der Waals surface area (Å²) >= 11 is 11.7. The van der Waals surface area contributed by atoms with Crippen LogP contribution >= 0.6 is 23.2 Å². The molecule has 0 bridgehead atoms. The molecule has 3 aromatic rings. The Kier molecular flexibility index (Phi) is 7.55. The summed E-state index contributed by atoms with van der Waals surface area (Å²) in [6.45, 7) is 1.32. The van der Waals surface area contributed by atoms with Crippen LogP contribution in [0.5, 0.6) is 5.75 Å². The molecule has 0 aliphatic heterocycles. The Bertz CT molecular complexity index is 1080. The van der Waals surface area contributed by atoms with Gasteiger partial charge < -0.3 is 19.8 Å². The van der Waals surface area contributed by atoms with Crippen molar-refractivity contribution in [1.29, 1.82) is 0 Å². The lowest BCUT2D eigenvalue weighted by Crippen LogP contribution is -2.42. The quantitative estimate of drug-likeness (QED) is 0.391. The zero-order chi connectivity index (χ0) is 22.5. The summed E-state index contributed by atoms with van der Waals surface area (Å²) in [4.78, 5) is 12.6. The van der Waals surface area contributed by atoms with E-state index in [-0.39, 0.29) is 17.0 Å². The molecule has 170 valence electrons. The van der Waals surface area contributed by atoms with Gasteiger partial charge in [0, 0.05) is 28.6 Å². The predicted octanol–water partition coefficient (Wildman–Crippen LogP) is 5.98. The summed E-state index contributed by atoms with van der Waals surface area (Å²) in [7, 11) is 0. The number of carbonyl (C=O) groups is 1. The van der Waals surface area contributed by atoms with Crippen LogP contribution in [0.15, 0.2) is 46.9 Å². The number of benzene rings is 2. The van der Waals surface area contributed by atoms with Crippen molar-refractivity contribution in [1.82, 2.24) is 10.6 Å². The third-order valence-electron chi connectivity index (χ3n) is 5.68. The van der Waals surface area contributed by atoms with Crippen LogP contribution in [0.25, 0.3) is 11.0 Å². The van der Waals surface area contributed by atoms with E-state index in [1.165, 1.54) is 12.1 Å². The topological polar surface area (TPSA) is 63.5 Å². The second-order valence-corrected chi connectivity index (χ2v) is 8.89. The van der Waals surface area contributed by atoms with Crippen molar-refractivity contribution in [2.24, 2.45) is 0 Å². The van der Waals surface area contributed by atoms with E-state index < -0.39 is 5.82 Å². The number of nitrogens with one attached hydrogen (secondary N) is 2. The van der Waals surface area contributed by atoms with E-state index in [9.17, 15) is 9.18 Å². The highest BCUT2D eigenvalue weighted by Crippen LogP contribution is 2.24. The van der Waals surface area contributed by atoms with E-state index in [0.29, 0.717) is 34.8 Å². The molecule has 32 heavy (non-hydrogen) atoms. The van der Waals surface area contributed by atoms with Gasteiger partial charge in [0.25, 0.3) is 5.91 Å². The molecular formula is C24H25Cl2FN2O3. The van der Waals surface area contributed by atoms with Crippen LogP contribution in [0, 0.1) is 5.82 Å². The zero-order valence-corrected chi connectivity index (χ0v) is 19.0. The van der Waals surface area contributed by atoms with Crippen LogP contribution < -0.4 is 15.4 Å². The van der Waals surface area contributed by atoms with Gasteiger partial charge in [-0.15, -0.1) is 0 Å². The van der Waals surface area contributed by atoms with Crippen LogP contribution in [0.2, 0.25) is 10.0 Å². The first kappa shape index (κ1) is 22.9. The minimum absolute atomic E-state index is 0.0910. The largest absolute Gasteiger partial charge is 0.493 e. The van der Waals surface area contributed by atoms with Gasteiger partial charge in [0.1, 0.15) is 17.1 Å². The minimum Gasteiger partial charge on any atom is -0.493 e. The lowest BCUT2D eigenvalue weighted by Gasteiger charge is -2.29. The number of hydrogen-bond acceptors (Lipinski definition) is 4. The molecule has 0 spiro atoms. The number of carbonyl (C=O) groups excluding carboxylic acids is 1. The van der Waals surface area contributed by atoms with Crippen molar-refractivity contribution in [2.45, 2.75) is 44.2 Å². The average molecular weight is 479 g/mol. The second-order valence-electron chi connectivity index (χ2n) is 8.05. The first-order valence-corrected chi connectivity index (χ1v) is 11.5. The summed E-state index contributed by atoms with van der Waals surface area (Å²) in [6, 6.07) is 12.0. The maximum absolute atomic E-state index is 13.4. The van der Waals surface area contributed by atoms with Crippen molar-refractivity contribution < 1.29 is 18.3 Å². The number of halogens is 3. The first-order chi connectivity index (χ1) is 15.5. The molecule has 1 heterocycles. The highest BCUT2D eigenvalue weighted by Gasteiger charge is 2.23. The Morgan fingerprint density at radius 2 is 1.84 bits per heavy atom. The van der Waals surface area contributed by atoms with Crippen LogP contribution in [-0.4, -0.2) is 31.1 Å². The molecule has 1 amide bonds. The van der Waals surface area contributed by atoms with Crippen LogP contribution in [0.3, 0.4) is 0 Å². The molecule has 2 aromatic carbocycles. The molecule has 0 unspecified atom stereocenters. The van der Waals surface area contributed by atoms with Gasteiger partial charge in [0.15, 0.2) is 5.76 Å². The van der Waals surface area contributed by atoms with Gasteiger partial charge in [-0.2, -0.15) is 0 Å². The first-order valence-electron chi connectivity index (χ1n) is 10.8. The van der Waals surface area contributed by atoms with E-state index in [1.54, 1.807) is 30.3 Å². The molecule has 0 saturated heterocycles. The van der Waals surface area contributed by atoms with Crippen molar-refractivity contribution in [3.63, 3.8) is 0 Å². The molecule has 1 aliphatic rings. The van der Waals surface area contributed by atoms with Gasteiger partial charge in [-0.3, -0.25) is 4.79 Å². The molecule has 1 aliphatic carbocycles. The maximum atomic E-state index is 13.4. The lowest BCUT2D eigenvalue weighted by atomic mass is 9.91. The lowest BCUT2D eigenvalue weighted by molar-refractivity contribution is 0.0898. The number of rotatable bonds is 8. The van der Waals surface area contributed by atoms with Crippen molar-refractivity contribution in [2.75, 3.05) is 13.2 Å². The van der Waals surface area contributed by atoms with Gasteiger partial charge in [0.05, 0.1) is 11.6 Å². The summed E-state index contributed by atoms with van der Waals surface area (Å²) in [5, 5.41) is 8.14. The van der Waals surface area contributed by atoms with Gasteiger partial charge in [-0.1, -0.05) is 23.2 Å². The fourth-order valence-electron chi connectivity index (χ4n) is 3.96. The SMILES string of the molecule is O=C(N[C@H]1CC[C@H](NCCCOc2ccc(Cl)c(F)c2)CC1)c1cc2cc(Cl)ccc2o1. The number of amides is 1. The van der Waals surface area contributed by atoms with E-state index in [1.807, 2.05) is 0 Å². The molecule has 4 rings (SSSR count). The van der Waals surface area contributed by atoms with Gasteiger partial charge in [-0.05, 0) is 75.0 Å². The van der Waals surface area contributed by atoms with Crippen molar-refractivity contribution in [3.8, 4) is 5.75 Å². The van der Waals surface area contributed by atoms with E-state index in [2.05, 4.69) is 10.6 Å². The predicted molar refractivity (Wildman–Crippen MR) is 124 cm³/mol. The Balaban J connectivity index is 1.14. The summed E-state index contributed by atoms with van der Waals surface area (Å²) in [5.74, 6) is 0.124. The summed E-state index contributed by atoms with van der Waals surface area (Å²) in [5.41, 5.74) is 0.651. The van der Waals surface area contributed by atoms with Crippen LogP contribution in [0.1, 0.15) is 42.7 Å². The van der Waals surface area contributed by atoms with Gasteiger partial charge >= 0.3 is 0 Å². The van der Waals surface area contributed by atoms with Crippen LogP contribution in [0.4, 0.5) is 4.39 Å². The zero-order valence-electron chi connectivity index (χ0n) is 17.5. The Labute approximate surface area is 196 Å². The van der Waals surface area contributed by atoms with E-state index >= 15 is 0 Å². The van der Waals surface area contributed by atoms with Gasteiger partial charge in [-0.25, -0.2) is 4.39 Å².